The molecule has 0 aromatic heterocycles. The Labute approximate surface area is 502 Å². The third-order valence-corrected chi connectivity index (χ3v) is 22.1. The van der Waals surface area contributed by atoms with Gasteiger partial charge in [0.25, 0.3) is 0 Å². The lowest BCUT2D eigenvalue weighted by Crippen LogP contribution is -2.68. The minimum Gasteiger partial charge on any atom is -0.456 e. The number of aliphatic hydroxyl groups is 1. The Morgan fingerprint density at radius 1 is 0.471 bits per heavy atom. The average molecular weight is 1260 g/mol. The zero-order chi connectivity index (χ0) is 61.9. The van der Waals surface area contributed by atoms with Crippen LogP contribution in [0.25, 0.3) is 0 Å². The van der Waals surface area contributed by atoms with Gasteiger partial charge in [-0.1, -0.05) is 27.7 Å². The first-order chi connectivity index (χ1) is 41.1. The molecule has 14 heterocycles. The molecule has 14 fully saturated rings. The molecule has 17 aliphatic rings. The van der Waals surface area contributed by atoms with E-state index in [0.717, 1.165) is 51.6 Å². The van der Waals surface area contributed by atoms with Gasteiger partial charge in [0.15, 0.2) is 16.8 Å². The van der Waals surface area contributed by atoms with Crippen molar-refractivity contribution in [2.75, 3.05) is 91.8 Å². The second kappa shape index (κ2) is 23.7. The van der Waals surface area contributed by atoms with Crippen LogP contribution in [-0.2, 0) is 62.5 Å². The molecule has 27 heteroatoms. The summed E-state index contributed by atoms with van der Waals surface area (Å²) in [6, 6.07) is 0. The van der Waals surface area contributed by atoms with E-state index >= 15 is 0 Å². The quantitative estimate of drug-likeness (QED) is 0.166. The number of piperazine rings is 1. The number of nitrogens with zero attached hydrogens (tertiary/aromatic N) is 3. The highest BCUT2D eigenvalue weighted by Gasteiger charge is 2.74. The Morgan fingerprint density at radius 3 is 1.17 bits per heavy atom. The molecule has 0 radical (unpaired) electrons. The first-order valence-electron chi connectivity index (χ1n) is 31.7. The van der Waals surface area contributed by atoms with Gasteiger partial charge in [-0.2, -0.15) is 39.5 Å². The first-order valence-corrected chi connectivity index (χ1v) is 31.7. The number of rotatable bonds is 9. The summed E-state index contributed by atoms with van der Waals surface area (Å²) in [5.41, 5.74) is -2.36. The molecule has 0 aromatic rings. The van der Waals surface area contributed by atoms with Crippen molar-refractivity contribution in [3.05, 3.63) is 34.0 Å². The fourth-order valence-corrected chi connectivity index (χ4v) is 17.6. The van der Waals surface area contributed by atoms with E-state index in [2.05, 4.69) is 31.0 Å². The Kier molecular flexibility index (Phi) is 17.6. The van der Waals surface area contributed by atoms with Gasteiger partial charge in [-0.25, -0.2) is 29.3 Å². The molecule has 3 aliphatic carbocycles. The second-order valence-electron chi connectivity index (χ2n) is 27.5. The molecular formula is C60H87F9N4O14. The molecular weight excluding hydrogens is 1170 g/mol. The maximum absolute atomic E-state index is 14.2. The summed E-state index contributed by atoms with van der Waals surface area (Å²) in [7, 11) is 0. The number of nitrogens with one attached hydrogen (secondary N) is 1. The smallest absolute Gasteiger partial charge is 0.449 e. The van der Waals surface area contributed by atoms with E-state index < -0.39 is 107 Å². The van der Waals surface area contributed by atoms with E-state index in [4.69, 9.17) is 67.6 Å². The number of fused-ring (bicyclic) bond motifs is 6. The number of hydrogen-bond acceptors (Lipinski definition) is 18. The van der Waals surface area contributed by atoms with E-state index in [-0.39, 0.29) is 66.6 Å². The SMILES string of the molecule is CCNCC1=C(C(F)(F)F)O[C@@H]2O[C@]3(C)CC[C@H]4[C@H](C)CC[C@@H]1C24OO3.C[C@@H]1CC[C@H]2C(CN3CCN(CCO)CC3)=C(C(F)(F)F)O[C@@H]3O[C@]4(C)CC[C@@H]1C32OO4.C[C@@H]1CC[C@H]2C(CN3CCOCC3)=C(C(F)(F)F)O[C@@H]3O[C@]4(C)CC[C@@H]1C32OO4. The summed E-state index contributed by atoms with van der Waals surface area (Å²) in [6.45, 7) is 20.1. The first kappa shape index (κ1) is 64.5. The number of ether oxygens (including phenoxy) is 7. The number of likely N-dealkylation sites (N-methyl/N-ethyl adjacent to an activating group) is 1. The highest BCUT2D eigenvalue weighted by molar-refractivity contribution is 5.32. The molecule has 87 heavy (non-hydrogen) atoms. The van der Waals surface area contributed by atoms with Gasteiger partial charge in [0.1, 0.15) is 0 Å². The Morgan fingerprint density at radius 2 is 0.816 bits per heavy atom. The predicted molar refractivity (Wildman–Crippen MR) is 287 cm³/mol. The number of allylic oxidation sites excluding steroid dienone is 3. The molecule has 0 aromatic carbocycles. The van der Waals surface area contributed by atoms with Crippen molar-refractivity contribution in [2.45, 2.75) is 197 Å². The highest BCUT2D eigenvalue weighted by atomic mass is 19.4. The number of hydrogen-bond donors (Lipinski definition) is 2. The molecule has 18 nitrogen and oxygen atoms in total. The lowest BCUT2D eigenvalue weighted by atomic mass is 9.59. The summed E-state index contributed by atoms with van der Waals surface area (Å²) in [5, 5.41) is 12.2. The van der Waals surface area contributed by atoms with Crippen LogP contribution in [0.4, 0.5) is 39.5 Å². The van der Waals surface area contributed by atoms with Crippen molar-refractivity contribution in [1.82, 2.24) is 20.0 Å². The van der Waals surface area contributed by atoms with Crippen LogP contribution in [0.3, 0.4) is 0 Å². The third kappa shape index (κ3) is 11.5. The molecule has 6 bridgehead atoms. The standard InChI is InChI=1S/C22H33F3N2O5.C20H28F3NO5.C18H26F3NO4/c1-14-3-4-17-15(13-27-9-7-26(8-10-27)11-12-28)18(22(23,24)25)29-19-21(17)16(14)5-6-20(2,30-19)31-32-21;1-12-3-4-15-13(11-24-7-9-25-10-8-24)16(20(21,22)23)26-17-19(15)14(12)5-6-18(2,27-17)28-29-19;1-4-22-9-11-13-6-5-10(2)12-7-8-16(3)24-15(17(12,13)26-25-16)23-14(11)18(19,20)21/h14,16-17,19,28H,3-13H2,1-2H3;12,14-15,17H,3-11H2,1-2H3;10,12-13,15,22H,4-9H2,1-3H3/t14-,16+,17+,19-,20+,21?;12-,14+,15+,17-,18+,19?;10-,12+,13+,15-,16+,17?/m111/s1. The van der Waals surface area contributed by atoms with E-state index in [1.165, 1.54) is 0 Å². The summed E-state index contributed by atoms with van der Waals surface area (Å²) in [5.74, 6) is -6.45. The number of β-amino-alcohol motifs (C(OH)–C–C–N with tert-alkyl or cyclic N) is 1. The van der Waals surface area contributed by atoms with Crippen LogP contribution < -0.4 is 5.32 Å². The Balaban J connectivity index is 0.000000128. The number of halogens is 9. The maximum atomic E-state index is 14.2. The molecule has 14 aliphatic heterocycles. The van der Waals surface area contributed by atoms with Gasteiger partial charge in [0, 0.05) is 120 Å². The maximum Gasteiger partial charge on any atom is 0.449 e. The van der Waals surface area contributed by atoms with Crippen LogP contribution in [-0.4, -0.2) is 183 Å². The monoisotopic (exact) mass is 1260 g/mol. The average Bonchev–Trinajstić information content (AvgIpc) is 1.71. The van der Waals surface area contributed by atoms with Crippen molar-refractivity contribution in [3.63, 3.8) is 0 Å². The second-order valence-corrected chi connectivity index (χ2v) is 27.5. The molecule has 494 valence electrons. The van der Waals surface area contributed by atoms with Gasteiger partial charge < -0.3 is 43.6 Å². The Bertz CT molecular complexity index is 2600. The van der Waals surface area contributed by atoms with Crippen molar-refractivity contribution in [1.29, 1.82) is 0 Å². The summed E-state index contributed by atoms with van der Waals surface area (Å²) < 4.78 is 166. The van der Waals surface area contributed by atoms with Gasteiger partial charge in [0.05, 0.1) is 19.8 Å². The molecule has 0 amide bonds. The van der Waals surface area contributed by atoms with Crippen molar-refractivity contribution >= 4 is 0 Å². The normalized spacial score (nSPS) is 44.5. The van der Waals surface area contributed by atoms with Crippen molar-refractivity contribution in [3.8, 4) is 0 Å². The molecule has 3 unspecified atom stereocenters. The molecule has 11 saturated heterocycles. The minimum absolute atomic E-state index is 0.00163. The Hall–Kier alpha value is -2.61. The van der Waals surface area contributed by atoms with Crippen LogP contribution in [0.5, 0.6) is 0 Å². The van der Waals surface area contributed by atoms with Gasteiger partial charge in [-0.3, -0.25) is 14.7 Å². The molecule has 3 saturated carbocycles. The minimum atomic E-state index is -4.61. The molecule has 2 N–H and O–H groups in total. The molecule has 18 atom stereocenters. The zero-order valence-corrected chi connectivity index (χ0v) is 50.8. The molecule has 17 rings (SSSR count). The fourth-order valence-electron chi connectivity index (χ4n) is 17.6. The summed E-state index contributed by atoms with van der Waals surface area (Å²) in [6.07, 6.45) is -8.79. The molecule has 3 spiro atoms. The predicted octanol–water partition coefficient (Wildman–Crippen LogP) is 9.70. The van der Waals surface area contributed by atoms with Gasteiger partial charge in [-0.15, -0.1) is 0 Å². The number of morpholine rings is 1. The van der Waals surface area contributed by atoms with Gasteiger partial charge in [-0.05, 0) is 120 Å². The number of alkyl halides is 9. The zero-order valence-electron chi connectivity index (χ0n) is 50.8. The largest absolute Gasteiger partial charge is 0.456 e. The number of aliphatic hydroxyl groups excluding tert-OH is 1. The lowest BCUT2D eigenvalue weighted by Gasteiger charge is -2.57. The van der Waals surface area contributed by atoms with Crippen LogP contribution in [0, 0.1) is 53.3 Å². The topological polar surface area (TPSA) is 162 Å². The van der Waals surface area contributed by atoms with Gasteiger partial charge in [0.2, 0.25) is 53.5 Å². The van der Waals surface area contributed by atoms with E-state index in [1.807, 2.05) is 16.7 Å². The van der Waals surface area contributed by atoms with Crippen LogP contribution in [0.2, 0.25) is 0 Å². The summed E-state index contributed by atoms with van der Waals surface area (Å²) in [4.78, 5) is 41.1. The highest BCUT2D eigenvalue weighted by Crippen LogP contribution is 2.65. The van der Waals surface area contributed by atoms with Crippen molar-refractivity contribution in [2.24, 2.45) is 53.3 Å². The third-order valence-electron chi connectivity index (χ3n) is 22.1. The van der Waals surface area contributed by atoms with E-state index in [9.17, 15) is 39.5 Å². The van der Waals surface area contributed by atoms with Crippen LogP contribution in [0.1, 0.15) is 126 Å². The van der Waals surface area contributed by atoms with Crippen LogP contribution in [0.15, 0.2) is 34.0 Å². The van der Waals surface area contributed by atoms with Crippen molar-refractivity contribution < 1.29 is 107 Å². The fraction of sp³-hybridized carbons (Fsp3) is 0.900. The van der Waals surface area contributed by atoms with E-state index in [1.54, 1.807) is 20.8 Å². The van der Waals surface area contributed by atoms with Crippen LogP contribution >= 0.6 is 0 Å². The van der Waals surface area contributed by atoms with Gasteiger partial charge >= 0.3 is 18.5 Å². The summed E-state index contributed by atoms with van der Waals surface area (Å²) >= 11 is 0. The van der Waals surface area contributed by atoms with E-state index in [0.29, 0.717) is 103 Å². The lowest BCUT2D eigenvalue weighted by molar-refractivity contribution is -0.557.